The molecule has 0 saturated carbocycles. The number of nitrogens with zero attached hydrogens (tertiary/aromatic N) is 1. The average Bonchev–Trinajstić information content (AvgIpc) is 3.10. The third-order valence-electron chi connectivity index (χ3n) is 4.83. The second-order valence-corrected chi connectivity index (χ2v) is 7.43. The maximum Gasteiger partial charge on any atom is 0.258 e. The van der Waals surface area contributed by atoms with Crippen molar-refractivity contribution in [3.05, 3.63) is 57.8 Å². The zero-order valence-corrected chi connectivity index (χ0v) is 16.6. The minimum atomic E-state index is -0.376. The lowest BCUT2D eigenvalue weighted by atomic mass is 10.1. The third-order valence-corrected chi connectivity index (χ3v) is 5.47. The number of aromatic hydroxyl groups is 1. The Morgan fingerprint density at radius 3 is 2.78 bits per heavy atom. The van der Waals surface area contributed by atoms with E-state index in [0.717, 1.165) is 24.9 Å². The smallest absolute Gasteiger partial charge is 0.258 e. The molecule has 144 valence electrons. The van der Waals surface area contributed by atoms with Gasteiger partial charge in [-0.1, -0.05) is 12.1 Å². The summed E-state index contributed by atoms with van der Waals surface area (Å²) in [4.78, 5) is 14.9. The number of hydrogen-bond donors (Lipinski definition) is 2. The molecule has 3 rings (SSSR count). The minimum Gasteiger partial charge on any atom is -0.506 e. The highest BCUT2D eigenvalue weighted by Crippen LogP contribution is 2.34. The van der Waals surface area contributed by atoms with Gasteiger partial charge in [0, 0.05) is 19.1 Å². The minimum absolute atomic E-state index is 0.120. The van der Waals surface area contributed by atoms with E-state index in [1.165, 1.54) is 19.2 Å². The van der Waals surface area contributed by atoms with E-state index in [-0.39, 0.29) is 29.1 Å². The molecule has 27 heavy (non-hydrogen) atoms. The van der Waals surface area contributed by atoms with Crippen molar-refractivity contribution in [3.8, 4) is 11.5 Å². The van der Waals surface area contributed by atoms with E-state index in [2.05, 4.69) is 26.1 Å². The summed E-state index contributed by atoms with van der Waals surface area (Å²) in [6.45, 7) is 2.12. The molecule has 1 saturated heterocycles. The van der Waals surface area contributed by atoms with E-state index < -0.39 is 0 Å². The van der Waals surface area contributed by atoms with Crippen LogP contribution in [0.3, 0.4) is 0 Å². The van der Waals surface area contributed by atoms with E-state index >= 15 is 0 Å². The molecule has 1 heterocycles. The summed E-state index contributed by atoms with van der Waals surface area (Å²) >= 11 is 3.23. The van der Waals surface area contributed by atoms with Gasteiger partial charge in [0.15, 0.2) is 0 Å². The number of amides is 1. The molecule has 2 N–H and O–H groups in total. The van der Waals surface area contributed by atoms with Crippen molar-refractivity contribution < 1.29 is 19.0 Å². The molecule has 0 radical (unpaired) electrons. The standard InChI is InChI=1S/C20H22BrFN2O3/c1-27-17-9-8-16(21)19(25)18(17)20(26)23-11-15-3-2-10-24(15)12-13-4-6-14(22)7-5-13/h4-9,15,25H,2-3,10-12H2,1H3,(H,23,26). The molecule has 0 bridgehead atoms. The van der Waals surface area contributed by atoms with Crippen LogP contribution in [0.25, 0.3) is 0 Å². The zero-order valence-electron chi connectivity index (χ0n) is 15.0. The van der Waals surface area contributed by atoms with Gasteiger partial charge in [-0.3, -0.25) is 9.69 Å². The Labute approximate surface area is 166 Å². The number of nitrogens with one attached hydrogen (secondary N) is 1. The number of rotatable bonds is 6. The molecule has 1 unspecified atom stereocenters. The molecule has 0 spiro atoms. The van der Waals surface area contributed by atoms with Crippen molar-refractivity contribution in [1.29, 1.82) is 0 Å². The first-order valence-electron chi connectivity index (χ1n) is 8.81. The fraction of sp³-hybridized carbons (Fsp3) is 0.350. The molecule has 1 aliphatic heterocycles. The van der Waals surface area contributed by atoms with Gasteiger partial charge in [0.1, 0.15) is 22.9 Å². The molecule has 2 aromatic rings. The van der Waals surface area contributed by atoms with Gasteiger partial charge in [-0.05, 0) is 65.1 Å². The van der Waals surface area contributed by atoms with Crippen molar-refractivity contribution in [2.75, 3.05) is 20.2 Å². The van der Waals surface area contributed by atoms with Gasteiger partial charge in [0.05, 0.1) is 11.6 Å². The number of benzene rings is 2. The summed E-state index contributed by atoms with van der Waals surface area (Å²) in [6, 6.07) is 9.96. The quantitative estimate of drug-likeness (QED) is 0.724. The fourth-order valence-corrected chi connectivity index (χ4v) is 3.72. The number of carbonyl (C=O) groups is 1. The van der Waals surface area contributed by atoms with Crippen LogP contribution >= 0.6 is 15.9 Å². The van der Waals surface area contributed by atoms with Crippen molar-refractivity contribution in [2.45, 2.75) is 25.4 Å². The Balaban J connectivity index is 1.64. The largest absolute Gasteiger partial charge is 0.506 e. The molecule has 0 aromatic heterocycles. The molecular formula is C20H22BrFN2O3. The molecule has 2 aromatic carbocycles. The van der Waals surface area contributed by atoms with Crippen LogP contribution in [-0.2, 0) is 6.54 Å². The fourth-order valence-electron chi connectivity index (χ4n) is 3.39. The lowest BCUT2D eigenvalue weighted by molar-refractivity contribution is 0.0934. The molecule has 0 aliphatic carbocycles. The number of halogens is 2. The maximum absolute atomic E-state index is 13.1. The third kappa shape index (κ3) is 4.59. The van der Waals surface area contributed by atoms with Crippen molar-refractivity contribution in [1.82, 2.24) is 10.2 Å². The molecule has 1 fully saturated rings. The van der Waals surface area contributed by atoms with Crippen LogP contribution in [0, 0.1) is 5.82 Å². The highest BCUT2D eigenvalue weighted by Gasteiger charge is 2.26. The molecule has 1 atom stereocenters. The van der Waals surface area contributed by atoms with Crippen LogP contribution in [0.5, 0.6) is 11.5 Å². The number of phenolic OH excluding ortho intramolecular Hbond substituents is 1. The number of hydrogen-bond acceptors (Lipinski definition) is 4. The average molecular weight is 437 g/mol. The molecule has 1 aliphatic rings. The normalized spacial score (nSPS) is 17.1. The summed E-state index contributed by atoms with van der Waals surface area (Å²) in [7, 11) is 1.46. The van der Waals surface area contributed by atoms with Crippen LogP contribution < -0.4 is 10.1 Å². The van der Waals surface area contributed by atoms with Gasteiger partial charge >= 0.3 is 0 Å². The summed E-state index contributed by atoms with van der Waals surface area (Å²) in [5.74, 6) is -0.435. The van der Waals surface area contributed by atoms with E-state index in [1.54, 1.807) is 24.3 Å². The van der Waals surface area contributed by atoms with Gasteiger partial charge in [-0.25, -0.2) is 4.39 Å². The highest BCUT2D eigenvalue weighted by atomic mass is 79.9. The van der Waals surface area contributed by atoms with Crippen molar-refractivity contribution in [3.63, 3.8) is 0 Å². The van der Waals surface area contributed by atoms with E-state index in [9.17, 15) is 14.3 Å². The SMILES string of the molecule is COc1ccc(Br)c(O)c1C(=O)NCC1CCCN1Cc1ccc(F)cc1. The van der Waals surface area contributed by atoms with Crippen LogP contribution in [-0.4, -0.2) is 42.2 Å². The molecule has 1 amide bonds. The first-order chi connectivity index (χ1) is 13.0. The molecule has 5 nitrogen and oxygen atoms in total. The topological polar surface area (TPSA) is 61.8 Å². The number of ether oxygens (including phenoxy) is 1. The monoisotopic (exact) mass is 436 g/mol. The molecule has 7 heteroatoms. The Kier molecular flexibility index (Phi) is 6.34. The summed E-state index contributed by atoms with van der Waals surface area (Å²) in [5.41, 5.74) is 1.16. The first kappa shape index (κ1) is 19.6. The van der Waals surface area contributed by atoms with E-state index in [4.69, 9.17) is 4.74 Å². The van der Waals surface area contributed by atoms with Crippen LogP contribution in [0.15, 0.2) is 40.9 Å². The number of carbonyl (C=O) groups excluding carboxylic acids is 1. The van der Waals surface area contributed by atoms with Gasteiger partial charge < -0.3 is 15.2 Å². The van der Waals surface area contributed by atoms with Gasteiger partial charge in [-0.15, -0.1) is 0 Å². The van der Waals surface area contributed by atoms with Crippen molar-refractivity contribution >= 4 is 21.8 Å². The number of methoxy groups -OCH3 is 1. The summed E-state index contributed by atoms with van der Waals surface area (Å²) in [5, 5.41) is 13.1. The Morgan fingerprint density at radius 2 is 2.07 bits per heavy atom. The Morgan fingerprint density at radius 1 is 1.33 bits per heavy atom. The zero-order chi connectivity index (χ0) is 19.4. The first-order valence-corrected chi connectivity index (χ1v) is 9.61. The van der Waals surface area contributed by atoms with Gasteiger partial charge in [-0.2, -0.15) is 0 Å². The second-order valence-electron chi connectivity index (χ2n) is 6.58. The highest BCUT2D eigenvalue weighted by molar-refractivity contribution is 9.10. The van der Waals surface area contributed by atoms with Gasteiger partial charge in [0.2, 0.25) is 0 Å². The summed E-state index contributed by atoms with van der Waals surface area (Å²) in [6.07, 6.45) is 2.02. The van der Waals surface area contributed by atoms with Crippen LogP contribution in [0.4, 0.5) is 4.39 Å². The van der Waals surface area contributed by atoms with Crippen LogP contribution in [0.2, 0.25) is 0 Å². The lowest BCUT2D eigenvalue weighted by Gasteiger charge is -2.25. The van der Waals surface area contributed by atoms with Crippen molar-refractivity contribution in [2.24, 2.45) is 0 Å². The number of likely N-dealkylation sites (tertiary alicyclic amines) is 1. The Bertz CT molecular complexity index is 814. The maximum atomic E-state index is 13.1. The Hall–Kier alpha value is -2.12. The van der Waals surface area contributed by atoms with Crippen LogP contribution in [0.1, 0.15) is 28.8 Å². The molecular weight excluding hydrogens is 415 g/mol. The second kappa shape index (κ2) is 8.71. The summed E-state index contributed by atoms with van der Waals surface area (Å²) < 4.78 is 18.7. The lowest BCUT2D eigenvalue weighted by Crippen LogP contribution is -2.40. The van der Waals surface area contributed by atoms with E-state index in [0.29, 0.717) is 23.3 Å². The predicted octanol–water partition coefficient (Wildman–Crippen LogP) is 3.70. The predicted molar refractivity (Wildman–Crippen MR) is 105 cm³/mol. The van der Waals surface area contributed by atoms with Gasteiger partial charge in [0.25, 0.3) is 5.91 Å². The number of phenols is 1. The van der Waals surface area contributed by atoms with E-state index in [1.807, 2.05) is 0 Å².